The van der Waals surface area contributed by atoms with Crippen LogP contribution in [-0.2, 0) is 11.9 Å². The van der Waals surface area contributed by atoms with Gasteiger partial charge in [-0.1, -0.05) is 17.8 Å². The maximum absolute atomic E-state index is 13.3. The van der Waals surface area contributed by atoms with Crippen molar-refractivity contribution in [1.82, 2.24) is 25.1 Å². The van der Waals surface area contributed by atoms with Crippen molar-refractivity contribution in [1.29, 1.82) is 0 Å². The molecule has 172 valence electrons. The third-order valence-corrected chi connectivity index (χ3v) is 5.25. The van der Waals surface area contributed by atoms with Crippen LogP contribution in [-0.4, -0.2) is 31.7 Å². The van der Waals surface area contributed by atoms with Crippen molar-refractivity contribution in [2.75, 3.05) is 0 Å². The van der Waals surface area contributed by atoms with Gasteiger partial charge in [-0.2, -0.15) is 13.2 Å². The van der Waals surface area contributed by atoms with Crippen LogP contribution in [0.1, 0.15) is 35.8 Å². The summed E-state index contributed by atoms with van der Waals surface area (Å²) in [7, 11) is 0. The number of oxazole rings is 1. The quantitative estimate of drug-likeness (QED) is 0.376. The molecule has 3 heterocycles. The molecule has 4 aromatic rings. The van der Waals surface area contributed by atoms with E-state index >= 15 is 0 Å². The average molecular weight is 477 g/mol. The van der Waals surface area contributed by atoms with E-state index in [-0.39, 0.29) is 40.8 Å². The second-order valence-electron chi connectivity index (χ2n) is 7.21. The van der Waals surface area contributed by atoms with E-state index in [9.17, 15) is 18.0 Å². The van der Waals surface area contributed by atoms with Gasteiger partial charge in [-0.25, -0.2) is 4.98 Å². The Morgan fingerprint density at radius 2 is 2.00 bits per heavy atom. The highest BCUT2D eigenvalue weighted by Gasteiger charge is 2.31. The Morgan fingerprint density at radius 1 is 1.18 bits per heavy atom. The number of thioether (sulfide) groups is 1. The van der Waals surface area contributed by atoms with Crippen LogP contribution in [0.25, 0.3) is 17.3 Å². The Balaban J connectivity index is 1.64. The molecule has 0 radical (unpaired) electrons. The Kier molecular flexibility index (Phi) is 6.27. The number of rotatable bonds is 7. The number of amides is 1. The van der Waals surface area contributed by atoms with Crippen molar-refractivity contribution in [3.05, 3.63) is 66.1 Å². The first-order valence-corrected chi connectivity index (χ1v) is 10.8. The molecular weight excluding hydrogens is 459 g/mol. The van der Waals surface area contributed by atoms with E-state index in [0.717, 1.165) is 23.9 Å². The fraction of sp³-hybridized carbons (Fsp3) is 0.238. The zero-order valence-electron chi connectivity index (χ0n) is 17.5. The van der Waals surface area contributed by atoms with Crippen molar-refractivity contribution >= 4 is 17.7 Å². The Labute approximate surface area is 190 Å². The second-order valence-corrected chi connectivity index (χ2v) is 8.15. The molecule has 0 aliphatic carbocycles. The molecule has 0 unspecified atom stereocenters. The summed E-state index contributed by atoms with van der Waals surface area (Å²) in [5.41, 5.74) is -0.452. The Morgan fingerprint density at radius 3 is 2.70 bits per heavy atom. The Bertz CT molecular complexity index is 1250. The highest BCUT2D eigenvalue weighted by molar-refractivity contribution is 7.98. The van der Waals surface area contributed by atoms with Crippen LogP contribution in [0, 0.1) is 0 Å². The monoisotopic (exact) mass is 477 g/mol. The molecule has 1 N–H and O–H groups in total. The third-order valence-electron chi connectivity index (χ3n) is 4.34. The lowest BCUT2D eigenvalue weighted by atomic mass is 10.2. The molecule has 0 bridgehead atoms. The molecule has 0 aliphatic rings. The van der Waals surface area contributed by atoms with Crippen LogP contribution in [0.3, 0.4) is 0 Å². The summed E-state index contributed by atoms with van der Waals surface area (Å²) in [6, 6.07) is 8.06. The number of halogens is 3. The molecule has 33 heavy (non-hydrogen) atoms. The van der Waals surface area contributed by atoms with Gasteiger partial charge in [-0.05, 0) is 44.2 Å². The Hall–Kier alpha value is -3.54. The van der Waals surface area contributed by atoms with Crippen molar-refractivity contribution in [2.24, 2.45) is 0 Å². The first kappa shape index (κ1) is 22.6. The number of nitrogens with zero attached hydrogens (tertiary/aromatic N) is 4. The number of nitrogens with one attached hydrogen (secondary N) is 1. The molecule has 0 fully saturated rings. The molecule has 1 aromatic carbocycles. The van der Waals surface area contributed by atoms with Crippen LogP contribution in [0.4, 0.5) is 13.2 Å². The highest BCUT2D eigenvalue weighted by atomic mass is 32.2. The maximum atomic E-state index is 13.3. The molecular formula is C21H18F3N5O3S. The molecule has 0 aliphatic heterocycles. The number of hydrogen-bond acceptors (Lipinski definition) is 7. The second kappa shape index (κ2) is 9.14. The maximum Gasteiger partial charge on any atom is 0.416 e. The molecule has 8 nitrogen and oxygen atoms in total. The van der Waals surface area contributed by atoms with Crippen LogP contribution < -0.4 is 5.32 Å². The van der Waals surface area contributed by atoms with Gasteiger partial charge in [0.2, 0.25) is 11.7 Å². The number of alkyl halides is 3. The summed E-state index contributed by atoms with van der Waals surface area (Å²) in [4.78, 5) is 16.2. The predicted octanol–water partition coefficient (Wildman–Crippen LogP) is 4.96. The van der Waals surface area contributed by atoms with E-state index in [1.165, 1.54) is 29.2 Å². The number of furan rings is 1. The number of aromatic nitrogens is 4. The summed E-state index contributed by atoms with van der Waals surface area (Å²) in [6.07, 6.45) is -1.82. The zero-order chi connectivity index (χ0) is 23.6. The van der Waals surface area contributed by atoms with E-state index in [1.807, 2.05) is 13.8 Å². The first-order valence-electron chi connectivity index (χ1n) is 9.77. The number of hydrogen-bond donors (Lipinski definition) is 1. The van der Waals surface area contributed by atoms with Gasteiger partial charge in [-0.3, -0.25) is 9.36 Å². The van der Waals surface area contributed by atoms with E-state index in [4.69, 9.17) is 8.83 Å². The first-order chi connectivity index (χ1) is 15.7. The normalized spacial score (nSPS) is 11.8. The molecule has 0 saturated heterocycles. The van der Waals surface area contributed by atoms with Crippen molar-refractivity contribution in [3.8, 4) is 17.3 Å². The summed E-state index contributed by atoms with van der Waals surface area (Å²) in [6.45, 7) is 3.65. The van der Waals surface area contributed by atoms with E-state index in [1.54, 1.807) is 12.1 Å². The van der Waals surface area contributed by atoms with E-state index in [0.29, 0.717) is 10.9 Å². The van der Waals surface area contributed by atoms with Gasteiger partial charge in [0.15, 0.2) is 16.6 Å². The fourth-order valence-corrected chi connectivity index (χ4v) is 3.73. The van der Waals surface area contributed by atoms with Crippen molar-refractivity contribution in [3.63, 3.8) is 0 Å². The van der Waals surface area contributed by atoms with Crippen LogP contribution in [0.15, 0.2) is 62.9 Å². The standard InChI is InChI=1S/C21H18F3N5O3S/c1-12(2)25-19(30)15-10-32-17(26-15)11-33-20-28-27-18(16-7-4-8-31-16)29(20)14-6-3-5-13(9-14)21(22,23)24/h3-10,12H,11H2,1-2H3,(H,25,30). The molecule has 1 amide bonds. The topological polar surface area (TPSA) is 99.0 Å². The average Bonchev–Trinajstić information content (AvgIpc) is 3.51. The predicted molar refractivity (Wildman–Crippen MR) is 113 cm³/mol. The summed E-state index contributed by atoms with van der Waals surface area (Å²) < 4.78 is 52.1. The molecule has 0 spiro atoms. The van der Waals surface area contributed by atoms with Crippen LogP contribution in [0.2, 0.25) is 0 Å². The van der Waals surface area contributed by atoms with Gasteiger partial charge in [0, 0.05) is 6.04 Å². The van der Waals surface area contributed by atoms with Crippen LogP contribution >= 0.6 is 11.8 Å². The SMILES string of the molecule is CC(C)NC(=O)c1coc(CSc2nnc(-c3ccco3)n2-c2cccc(C(F)(F)F)c2)n1. The number of benzene rings is 1. The van der Waals surface area contributed by atoms with Crippen molar-refractivity contribution < 1.29 is 26.8 Å². The van der Waals surface area contributed by atoms with Crippen LogP contribution in [0.5, 0.6) is 0 Å². The van der Waals surface area contributed by atoms with Crippen molar-refractivity contribution in [2.45, 2.75) is 37.0 Å². The number of carbonyl (C=O) groups is 1. The minimum atomic E-state index is -4.51. The summed E-state index contributed by atoms with van der Waals surface area (Å²) in [5, 5.41) is 11.2. The van der Waals surface area contributed by atoms with Gasteiger partial charge < -0.3 is 14.2 Å². The van der Waals surface area contributed by atoms with Gasteiger partial charge in [0.1, 0.15) is 6.26 Å². The zero-order valence-corrected chi connectivity index (χ0v) is 18.3. The van der Waals surface area contributed by atoms with Gasteiger partial charge >= 0.3 is 6.18 Å². The smallest absolute Gasteiger partial charge is 0.416 e. The molecule has 12 heteroatoms. The minimum absolute atomic E-state index is 0.0574. The van der Waals surface area contributed by atoms with Gasteiger partial charge in [0.05, 0.1) is 23.3 Å². The fourth-order valence-electron chi connectivity index (χ4n) is 2.93. The number of carbonyl (C=O) groups excluding carboxylic acids is 1. The largest absolute Gasteiger partial charge is 0.461 e. The lowest BCUT2D eigenvalue weighted by Gasteiger charge is -2.12. The molecule has 0 atom stereocenters. The summed E-state index contributed by atoms with van der Waals surface area (Å²) >= 11 is 1.14. The highest BCUT2D eigenvalue weighted by Crippen LogP contribution is 2.34. The van der Waals surface area contributed by atoms with E-state index < -0.39 is 11.7 Å². The lowest BCUT2D eigenvalue weighted by Crippen LogP contribution is -2.30. The molecule has 3 aromatic heterocycles. The molecule has 4 rings (SSSR count). The molecule has 0 saturated carbocycles. The third kappa shape index (κ3) is 5.11. The summed E-state index contributed by atoms with van der Waals surface area (Å²) in [5.74, 6) is 0.649. The van der Waals surface area contributed by atoms with Gasteiger partial charge in [0.25, 0.3) is 5.91 Å². The minimum Gasteiger partial charge on any atom is -0.461 e. The van der Waals surface area contributed by atoms with Gasteiger partial charge in [-0.15, -0.1) is 10.2 Å². The van der Waals surface area contributed by atoms with E-state index in [2.05, 4.69) is 20.5 Å². The lowest BCUT2D eigenvalue weighted by molar-refractivity contribution is -0.137.